The Balaban J connectivity index is 0.00000320. The first-order valence-corrected chi connectivity index (χ1v) is 10.8. The van der Waals surface area contributed by atoms with E-state index in [4.69, 9.17) is 9.47 Å². The number of nitrogens with one attached hydrogen (secondary N) is 2. The number of guanidine groups is 1. The predicted octanol–water partition coefficient (Wildman–Crippen LogP) is 2.33. The number of aliphatic imine (C=N–C) groups is 1. The van der Waals surface area contributed by atoms with Crippen LogP contribution in [0.15, 0.2) is 29.3 Å². The zero-order chi connectivity index (χ0) is 20.3. The van der Waals surface area contributed by atoms with Crippen molar-refractivity contribution in [3.05, 3.63) is 35.4 Å². The monoisotopic (exact) mass is 530 g/mol. The number of halogens is 1. The van der Waals surface area contributed by atoms with E-state index in [1.54, 1.807) is 0 Å². The van der Waals surface area contributed by atoms with Gasteiger partial charge in [0.15, 0.2) is 5.96 Å². The Morgan fingerprint density at radius 1 is 1.30 bits per heavy atom. The van der Waals surface area contributed by atoms with Gasteiger partial charge in [0.25, 0.3) is 0 Å². The minimum atomic E-state index is 0. The summed E-state index contributed by atoms with van der Waals surface area (Å²) >= 11 is 0. The lowest BCUT2D eigenvalue weighted by Gasteiger charge is -2.28. The van der Waals surface area contributed by atoms with Gasteiger partial charge < -0.3 is 25.0 Å². The molecule has 30 heavy (non-hydrogen) atoms. The first-order chi connectivity index (χ1) is 14.3. The summed E-state index contributed by atoms with van der Waals surface area (Å²) < 4.78 is 11.2. The molecule has 1 amide bonds. The maximum Gasteiger partial charge on any atom is 0.244 e. The summed E-state index contributed by atoms with van der Waals surface area (Å²) in [5.74, 6) is 0.744. The summed E-state index contributed by atoms with van der Waals surface area (Å²) in [7, 11) is 0. The van der Waals surface area contributed by atoms with E-state index in [2.05, 4.69) is 33.8 Å². The number of carbonyl (C=O) groups excluding carboxylic acids is 1. The molecule has 0 bridgehead atoms. The van der Waals surface area contributed by atoms with Gasteiger partial charge in [-0.3, -0.25) is 4.79 Å². The van der Waals surface area contributed by atoms with Crippen molar-refractivity contribution in [2.45, 2.75) is 45.3 Å². The molecule has 0 aliphatic carbocycles. The zero-order valence-corrected chi connectivity index (χ0v) is 20.2. The Hall–Kier alpha value is -1.39. The Kier molecular flexibility index (Phi) is 11.5. The van der Waals surface area contributed by atoms with Crippen LogP contribution in [0.5, 0.6) is 0 Å². The van der Waals surface area contributed by atoms with E-state index >= 15 is 0 Å². The molecule has 168 valence electrons. The summed E-state index contributed by atoms with van der Waals surface area (Å²) in [6, 6.07) is 8.34. The highest BCUT2D eigenvalue weighted by Gasteiger charge is 2.20. The fourth-order valence-corrected chi connectivity index (χ4v) is 3.67. The Morgan fingerprint density at radius 2 is 2.13 bits per heavy atom. The fourth-order valence-electron chi connectivity index (χ4n) is 3.67. The Bertz CT molecular complexity index is 680. The number of benzene rings is 1. The normalized spacial score (nSPS) is 18.5. The Morgan fingerprint density at radius 3 is 2.90 bits per heavy atom. The second-order valence-electron chi connectivity index (χ2n) is 7.52. The highest BCUT2D eigenvalue weighted by atomic mass is 127. The average Bonchev–Trinajstić information content (AvgIpc) is 3.27. The molecule has 1 saturated heterocycles. The van der Waals surface area contributed by atoms with E-state index in [9.17, 15) is 4.79 Å². The lowest BCUT2D eigenvalue weighted by molar-refractivity contribution is -0.130. The van der Waals surface area contributed by atoms with Gasteiger partial charge >= 0.3 is 0 Å². The summed E-state index contributed by atoms with van der Waals surface area (Å²) in [6.07, 6.45) is 4.31. The van der Waals surface area contributed by atoms with Gasteiger partial charge in [0, 0.05) is 39.4 Å². The van der Waals surface area contributed by atoms with Crippen LogP contribution in [0.3, 0.4) is 0 Å². The largest absolute Gasteiger partial charge is 0.379 e. The van der Waals surface area contributed by atoms with E-state index in [-0.39, 0.29) is 42.5 Å². The van der Waals surface area contributed by atoms with Crippen molar-refractivity contribution < 1.29 is 14.3 Å². The third-order valence-corrected chi connectivity index (χ3v) is 5.29. The fraction of sp³-hybridized carbons (Fsp3) is 0.636. The van der Waals surface area contributed by atoms with Gasteiger partial charge in [0.2, 0.25) is 5.91 Å². The molecule has 2 aliphatic heterocycles. The number of carbonyl (C=O) groups is 1. The minimum Gasteiger partial charge on any atom is -0.379 e. The number of ether oxygens (including phenoxy) is 2. The summed E-state index contributed by atoms with van der Waals surface area (Å²) in [5, 5.41) is 6.48. The molecule has 8 heteroatoms. The van der Waals surface area contributed by atoms with Gasteiger partial charge in [-0.1, -0.05) is 24.3 Å². The van der Waals surface area contributed by atoms with Gasteiger partial charge in [-0.15, -0.1) is 24.0 Å². The first kappa shape index (κ1) is 24.9. The van der Waals surface area contributed by atoms with Crippen LogP contribution in [-0.4, -0.2) is 68.9 Å². The molecule has 0 radical (unpaired) electrons. The van der Waals surface area contributed by atoms with Crippen LogP contribution in [0.4, 0.5) is 0 Å². The number of hydrogen-bond donors (Lipinski definition) is 2. The molecule has 0 spiro atoms. The lowest BCUT2D eigenvalue weighted by Crippen LogP contribution is -2.41. The average molecular weight is 530 g/mol. The number of nitrogens with zero attached hydrogens (tertiary/aromatic N) is 2. The topological polar surface area (TPSA) is 75.2 Å². The quantitative estimate of drug-likeness (QED) is 0.222. The van der Waals surface area contributed by atoms with Crippen LogP contribution in [0, 0.1) is 0 Å². The number of amides is 1. The smallest absolute Gasteiger partial charge is 0.244 e. The van der Waals surface area contributed by atoms with E-state index in [0.29, 0.717) is 25.7 Å². The molecule has 7 nitrogen and oxygen atoms in total. The second kappa shape index (κ2) is 13.8. The molecule has 1 aromatic carbocycles. The van der Waals surface area contributed by atoms with Gasteiger partial charge in [-0.05, 0) is 43.7 Å². The van der Waals surface area contributed by atoms with Crippen molar-refractivity contribution in [2.75, 3.05) is 46.0 Å². The molecule has 2 aliphatic rings. The molecule has 2 N–H and O–H groups in total. The van der Waals surface area contributed by atoms with Crippen LogP contribution in [0.25, 0.3) is 0 Å². The van der Waals surface area contributed by atoms with Gasteiger partial charge in [0.05, 0.1) is 12.7 Å². The van der Waals surface area contributed by atoms with E-state index in [0.717, 1.165) is 51.9 Å². The van der Waals surface area contributed by atoms with E-state index < -0.39 is 0 Å². The van der Waals surface area contributed by atoms with Crippen LogP contribution in [0.2, 0.25) is 0 Å². The third kappa shape index (κ3) is 8.03. The van der Waals surface area contributed by atoms with Crippen molar-refractivity contribution in [2.24, 2.45) is 4.99 Å². The maximum absolute atomic E-state index is 12.6. The summed E-state index contributed by atoms with van der Waals surface area (Å²) in [5.41, 5.74) is 2.58. The summed E-state index contributed by atoms with van der Waals surface area (Å²) in [6.45, 7) is 7.36. The highest BCUT2D eigenvalue weighted by Crippen LogP contribution is 2.18. The molecular formula is C22H35IN4O3. The number of rotatable bonds is 9. The van der Waals surface area contributed by atoms with Crippen molar-refractivity contribution >= 4 is 35.8 Å². The van der Waals surface area contributed by atoms with Crippen LogP contribution >= 0.6 is 24.0 Å². The third-order valence-electron chi connectivity index (χ3n) is 5.29. The van der Waals surface area contributed by atoms with Crippen LogP contribution in [-0.2, 0) is 27.2 Å². The van der Waals surface area contributed by atoms with E-state index in [1.807, 2.05) is 17.9 Å². The molecule has 1 aromatic rings. The first-order valence-electron chi connectivity index (χ1n) is 10.8. The molecule has 1 unspecified atom stereocenters. The molecule has 1 fully saturated rings. The summed E-state index contributed by atoms with van der Waals surface area (Å²) in [4.78, 5) is 19.0. The zero-order valence-electron chi connectivity index (χ0n) is 17.9. The van der Waals surface area contributed by atoms with E-state index in [1.165, 1.54) is 11.1 Å². The SMILES string of the molecule is CCNC(=NCC(=O)N1CCc2ccccc2C1)NCCCOCC1CCCO1.I. The van der Waals surface area contributed by atoms with Gasteiger partial charge in [-0.25, -0.2) is 4.99 Å². The van der Waals surface area contributed by atoms with Crippen LogP contribution < -0.4 is 10.6 Å². The molecule has 2 heterocycles. The molecule has 3 rings (SSSR count). The van der Waals surface area contributed by atoms with Crippen molar-refractivity contribution in [1.82, 2.24) is 15.5 Å². The maximum atomic E-state index is 12.6. The predicted molar refractivity (Wildman–Crippen MR) is 129 cm³/mol. The number of hydrogen-bond acceptors (Lipinski definition) is 4. The standard InChI is InChI=1S/C22H34N4O3.HI/c1-2-23-22(24-11-6-13-28-17-20-9-5-14-29-20)25-15-21(27)26-12-10-18-7-3-4-8-19(18)16-26;/h3-4,7-8,20H,2,5-6,9-17H2,1H3,(H2,23,24,25);1H. The lowest BCUT2D eigenvalue weighted by atomic mass is 10.00. The van der Waals surface area contributed by atoms with Gasteiger partial charge in [-0.2, -0.15) is 0 Å². The van der Waals surface area contributed by atoms with Crippen molar-refractivity contribution in [1.29, 1.82) is 0 Å². The molecular weight excluding hydrogens is 495 g/mol. The number of fused-ring (bicyclic) bond motifs is 1. The minimum absolute atomic E-state index is 0. The second-order valence-corrected chi connectivity index (χ2v) is 7.52. The molecule has 0 saturated carbocycles. The van der Waals surface area contributed by atoms with Crippen molar-refractivity contribution in [3.8, 4) is 0 Å². The van der Waals surface area contributed by atoms with Crippen molar-refractivity contribution in [3.63, 3.8) is 0 Å². The van der Waals surface area contributed by atoms with Crippen LogP contribution in [0.1, 0.15) is 37.3 Å². The molecule has 1 atom stereocenters. The Labute approximate surface area is 197 Å². The molecule has 0 aromatic heterocycles. The highest BCUT2D eigenvalue weighted by molar-refractivity contribution is 14.0. The van der Waals surface area contributed by atoms with Gasteiger partial charge in [0.1, 0.15) is 6.54 Å².